The number of alkyl halides is 1. The summed E-state index contributed by atoms with van der Waals surface area (Å²) in [7, 11) is 0. The number of hydrogen-bond donors (Lipinski definition) is 1. The number of benzene rings is 1. The minimum absolute atomic E-state index is 0.00514. The number of halogens is 1. The second-order valence-electron chi connectivity index (χ2n) is 8.51. The quantitative estimate of drug-likeness (QED) is 0.717. The Labute approximate surface area is 192 Å². The van der Waals surface area contributed by atoms with Gasteiger partial charge in [-0.05, 0) is 43.0 Å². The van der Waals surface area contributed by atoms with Crippen molar-refractivity contribution in [2.24, 2.45) is 0 Å². The number of H-pyrrole nitrogens is 1. The Bertz CT molecular complexity index is 1090. The van der Waals surface area contributed by atoms with Crippen molar-refractivity contribution in [1.29, 1.82) is 0 Å². The highest BCUT2D eigenvalue weighted by Crippen LogP contribution is 2.34. The van der Waals surface area contributed by atoms with Crippen LogP contribution in [0.25, 0.3) is 12.2 Å². The van der Waals surface area contributed by atoms with Gasteiger partial charge in [0.25, 0.3) is 0 Å². The molecule has 0 bridgehead atoms. The van der Waals surface area contributed by atoms with Gasteiger partial charge < -0.3 is 19.2 Å². The third-order valence-corrected chi connectivity index (χ3v) is 6.77. The Morgan fingerprint density at radius 2 is 2.03 bits per heavy atom. The fourth-order valence-corrected chi connectivity index (χ4v) is 5.13. The molecule has 5 rings (SSSR count). The van der Waals surface area contributed by atoms with Crippen LogP contribution in [-0.2, 0) is 15.9 Å². The summed E-state index contributed by atoms with van der Waals surface area (Å²) < 4.78 is 16.9. The van der Waals surface area contributed by atoms with E-state index >= 15 is 0 Å². The summed E-state index contributed by atoms with van der Waals surface area (Å²) in [6.07, 6.45) is 7.59. The van der Waals surface area contributed by atoms with Gasteiger partial charge in [0.15, 0.2) is 0 Å². The molecule has 170 valence electrons. The van der Waals surface area contributed by atoms with E-state index in [2.05, 4.69) is 29.3 Å². The van der Waals surface area contributed by atoms with E-state index < -0.39 is 0 Å². The number of carbonyl (C=O) groups excluding carboxylic acids is 1. The molecule has 1 saturated heterocycles. The first-order chi connectivity index (χ1) is 15.6. The van der Waals surface area contributed by atoms with E-state index in [4.69, 9.17) is 25.8 Å². The Morgan fingerprint density at radius 1 is 1.25 bits per heavy atom. The van der Waals surface area contributed by atoms with Crippen molar-refractivity contribution in [3.8, 4) is 5.75 Å². The molecule has 2 atom stereocenters. The van der Waals surface area contributed by atoms with Gasteiger partial charge in [0, 0.05) is 35.6 Å². The number of rotatable bonds is 4. The number of aromatic amines is 1. The Hall–Kier alpha value is -2.44. The lowest BCUT2D eigenvalue weighted by Crippen LogP contribution is -2.42. The van der Waals surface area contributed by atoms with Gasteiger partial charge in [-0.3, -0.25) is 4.90 Å². The molecule has 3 aliphatic rings. The minimum Gasteiger partial charge on any atom is -0.490 e. The molecule has 2 aliphatic heterocycles. The zero-order chi connectivity index (χ0) is 22.1. The second-order valence-corrected chi connectivity index (χ2v) is 9.07. The van der Waals surface area contributed by atoms with Crippen molar-refractivity contribution in [2.75, 3.05) is 26.4 Å². The molecule has 0 spiro atoms. The maximum atomic E-state index is 12.8. The van der Waals surface area contributed by atoms with Crippen LogP contribution < -0.4 is 15.3 Å². The van der Waals surface area contributed by atoms with Gasteiger partial charge in [-0.25, -0.2) is 4.79 Å². The maximum absolute atomic E-state index is 12.8. The summed E-state index contributed by atoms with van der Waals surface area (Å²) in [6, 6.07) is 7.86. The largest absolute Gasteiger partial charge is 0.490 e. The zero-order valence-electron chi connectivity index (χ0n) is 18.3. The number of carbonyl (C=O) groups is 1. The number of amides is 1. The molecule has 0 radical (unpaired) electrons. The predicted octanol–water partition coefficient (Wildman–Crippen LogP) is 3.25. The summed E-state index contributed by atoms with van der Waals surface area (Å²) in [5.41, 5.74) is 3.32. The molecule has 6 nitrogen and oxygen atoms in total. The van der Waals surface area contributed by atoms with Crippen molar-refractivity contribution < 1.29 is 19.0 Å². The average molecular weight is 457 g/mol. The summed E-state index contributed by atoms with van der Waals surface area (Å²) in [5, 5.41) is 2.28. The van der Waals surface area contributed by atoms with E-state index in [1.807, 2.05) is 24.0 Å². The first-order valence-electron chi connectivity index (χ1n) is 11.5. The summed E-state index contributed by atoms with van der Waals surface area (Å²) in [6.45, 7) is 4.28. The first kappa shape index (κ1) is 21.4. The fraction of sp³-hybridized carbons (Fsp3) is 0.480. The monoisotopic (exact) mass is 456 g/mol. The van der Waals surface area contributed by atoms with Gasteiger partial charge in [0.2, 0.25) is 0 Å². The highest BCUT2D eigenvalue weighted by Gasteiger charge is 2.35. The topological polar surface area (TPSA) is 63.8 Å². The zero-order valence-corrected chi connectivity index (χ0v) is 19.1. The molecular weight excluding hydrogens is 428 g/mol. The van der Waals surface area contributed by atoms with Crippen LogP contribution >= 0.6 is 11.6 Å². The summed E-state index contributed by atoms with van der Waals surface area (Å²) >= 11 is 6.41. The fourth-order valence-electron chi connectivity index (χ4n) is 4.91. The number of nitrogens with zero attached hydrogens (tertiary/aromatic N) is 1. The highest BCUT2D eigenvalue weighted by molar-refractivity contribution is 6.24. The molecule has 1 aromatic heterocycles. The predicted molar refractivity (Wildman–Crippen MR) is 123 cm³/mol. The molecule has 1 unspecified atom stereocenters. The first-order valence-corrected chi connectivity index (χ1v) is 11.9. The van der Waals surface area contributed by atoms with Crippen molar-refractivity contribution in [3.63, 3.8) is 0 Å². The van der Waals surface area contributed by atoms with E-state index in [0.717, 1.165) is 61.3 Å². The lowest BCUT2D eigenvalue weighted by molar-refractivity contribution is 0.0255. The van der Waals surface area contributed by atoms with Crippen molar-refractivity contribution in [3.05, 3.63) is 51.7 Å². The van der Waals surface area contributed by atoms with Gasteiger partial charge in [-0.15, -0.1) is 11.6 Å². The van der Waals surface area contributed by atoms with E-state index in [0.29, 0.717) is 13.2 Å². The van der Waals surface area contributed by atoms with Crippen molar-refractivity contribution >= 4 is 29.8 Å². The van der Waals surface area contributed by atoms with E-state index in [9.17, 15) is 4.79 Å². The molecule has 1 amide bonds. The maximum Gasteiger partial charge on any atom is 0.410 e. The minimum atomic E-state index is -0.290. The SMILES string of the molecule is CCOC(=O)N1CCc2c([nH]c3c2=CC(Cl)CC=3)[C@@H]1c1ccc(OC2CCOCC2)cc1. The molecule has 32 heavy (non-hydrogen) atoms. The average Bonchev–Trinajstić information content (AvgIpc) is 3.18. The van der Waals surface area contributed by atoms with Gasteiger partial charge in [-0.1, -0.05) is 24.3 Å². The van der Waals surface area contributed by atoms with Crippen LogP contribution in [0.3, 0.4) is 0 Å². The van der Waals surface area contributed by atoms with Gasteiger partial charge >= 0.3 is 6.09 Å². The molecule has 2 aromatic rings. The standard InChI is InChI=1S/C25H29ClN2O4/c1-2-31-25(29)28-12-9-20-21-15-17(26)5-8-22(21)27-23(20)24(28)16-3-6-18(7-4-16)32-19-10-13-30-14-11-19/h3-4,6-8,15,17,19,24,27H,2,5,9-14H2,1H3/t17?,24-/m0/s1. The molecule has 1 aromatic carbocycles. The molecule has 1 fully saturated rings. The van der Waals surface area contributed by atoms with Crippen LogP contribution in [0.5, 0.6) is 5.75 Å². The molecule has 0 saturated carbocycles. The second kappa shape index (κ2) is 9.20. The van der Waals surface area contributed by atoms with Crippen LogP contribution in [0.4, 0.5) is 4.79 Å². The van der Waals surface area contributed by atoms with Gasteiger partial charge in [0.05, 0.1) is 25.2 Å². The molecule has 7 heteroatoms. The third kappa shape index (κ3) is 4.14. The number of hydrogen-bond acceptors (Lipinski definition) is 4. The van der Waals surface area contributed by atoms with Gasteiger partial charge in [0.1, 0.15) is 17.9 Å². The summed E-state index contributed by atoms with van der Waals surface area (Å²) in [5.74, 6) is 0.844. The normalized spacial score (nSPS) is 22.9. The molecule has 1 aliphatic carbocycles. The number of aromatic nitrogens is 1. The lowest BCUT2D eigenvalue weighted by atomic mass is 9.92. The van der Waals surface area contributed by atoms with Crippen LogP contribution in [-0.4, -0.2) is 53.8 Å². The Balaban J connectivity index is 1.49. The van der Waals surface area contributed by atoms with E-state index in [-0.39, 0.29) is 23.6 Å². The third-order valence-electron chi connectivity index (χ3n) is 6.46. The smallest absolute Gasteiger partial charge is 0.410 e. The van der Waals surface area contributed by atoms with E-state index in [1.54, 1.807) is 0 Å². The van der Waals surface area contributed by atoms with E-state index in [1.165, 1.54) is 10.8 Å². The number of fused-ring (bicyclic) bond motifs is 3. The lowest BCUT2D eigenvalue weighted by Gasteiger charge is -2.35. The Morgan fingerprint density at radius 3 is 2.78 bits per heavy atom. The molecule has 1 N–H and O–H groups in total. The number of ether oxygens (including phenoxy) is 3. The summed E-state index contributed by atoms with van der Waals surface area (Å²) in [4.78, 5) is 18.2. The highest BCUT2D eigenvalue weighted by atomic mass is 35.5. The van der Waals surface area contributed by atoms with Crippen LogP contribution in [0.2, 0.25) is 0 Å². The Kier molecular flexibility index (Phi) is 6.15. The molecular formula is C25H29ClN2O4. The van der Waals surface area contributed by atoms with Crippen LogP contribution in [0, 0.1) is 0 Å². The van der Waals surface area contributed by atoms with Gasteiger partial charge in [-0.2, -0.15) is 0 Å². The number of nitrogens with one attached hydrogen (secondary N) is 1. The van der Waals surface area contributed by atoms with Crippen molar-refractivity contribution in [2.45, 2.75) is 50.1 Å². The van der Waals surface area contributed by atoms with Crippen molar-refractivity contribution in [1.82, 2.24) is 9.88 Å². The van der Waals surface area contributed by atoms with Crippen LogP contribution in [0.1, 0.15) is 49.0 Å². The molecule has 3 heterocycles. The van der Waals surface area contributed by atoms with Crippen LogP contribution in [0.15, 0.2) is 24.3 Å².